The van der Waals surface area contributed by atoms with Crippen LogP contribution in [0.15, 0.2) is 0 Å². The van der Waals surface area contributed by atoms with Crippen molar-refractivity contribution in [1.29, 1.82) is 0 Å². The lowest BCUT2D eigenvalue weighted by Gasteiger charge is -2.34. The van der Waals surface area contributed by atoms with Crippen molar-refractivity contribution in [3.05, 3.63) is 0 Å². The first kappa shape index (κ1) is 33.5. The lowest BCUT2D eigenvalue weighted by molar-refractivity contribution is 0.161. The molecule has 12 heteroatoms. The Morgan fingerprint density at radius 1 is 0.538 bits per heavy atom. The summed E-state index contributed by atoms with van der Waals surface area (Å²) in [5, 5.41) is 48.3. The lowest BCUT2D eigenvalue weighted by atomic mass is 9.75. The van der Waals surface area contributed by atoms with Crippen LogP contribution in [0, 0.1) is 11.8 Å². The van der Waals surface area contributed by atoms with Gasteiger partial charge in [-0.05, 0) is 69.6 Å². The molecular formula is C27H54N6O6. The normalized spacial score (nSPS) is 23.5. The number of amides is 4. The van der Waals surface area contributed by atoms with Crippen LogP contribution in [0.1, 0.15) is 57.8 Å². The van der Waals surface area contributed by atoms with Crippen molar-refractivity contribution in [3.8, 4) is 0 Å². The van der Waals surface area contributed by atoms with Crippen LogP contribution in [-0.4, -0.2) is 133 Å². The quantitative estimate of drug-likeness (QED) is 0.113. The molecule has 2 rings (SSSR count). The van der Waals surface area contributed by atoms with Crippen molar-refractivity contribution in [1.82, 2.24) is 31.1 Å². The van der Waals surface area contributed by atoms with E-state index in [1.54, 1.807) is 0 Å². The highest BCUT2D eigenvalue weighted by atomic mass is 16.3. The van der Waals surface area contributed by atoms with E-state index in [9.17, 15) is 9.59 Å². The van der Waals surface area contributed by atoms with E-state index in [4.69, 9.17) is 20.4 Å². The molecule has 0 aromatic carbocycles. The first-order valence-corrected chi connectivity index (χ1v) is 14.9. The SMILES string of the molecule is O=C(NCCN(CCO)CCO)NC1CCC(CC2CCC(NC(=O)NCCN(CCO)CCO)CC2)CC1. The summed E-state index contributed by atoms with van der Waals surface area (Å²) in [6.45, 7) is 4.23. The van der Waals surface area contributed by atoms with Gasteiger partial charge in [-0.25, -0.2) is 9.59 Å². The fourth-order valence-electron chi connectivity index (χ4n) is 5.92. The average molecular weight is 559 g/mol. The number of nitrogens with zero attached hydrogens (tertiary/aromatic N) is 2. The number of urea groups is 2. The van der Waals surface area contributed by atoms with Gasteiger partial charge in [-0.15, -0.1) is 0 Å². The molecule has 0 unspecified atom stereocenters. The maximum Gasteiger partial charge on any atom is 0.315 e. The smallest absolute Gasteiger partial charge is 0.315 e. The van der Waals surface area contributed by atoms with E-state index >= 15 is 0 Å². The summed E-state index contributed by atoms with van der Waals surface area (Å²) < 4.78 is 0. The number of aliphatic hydroxyl groups is 4. The van der Waals surface area contributed by atoms with Gasteiger partial charge in [0.15, 0.2) is 0 Å². The van der Waals surface area contributed by atoms with Crippen LogP contribution in [0.2, 0.25) is 0 Å². The zero-order chi connectivity index (χ0) is 28.3. The molecule has 0 aliphatic heterocycles. The van der Waals surface area contributed by atoms with Gasteiger partial charge in [0, 0.05) is 64.4 Å². The highest BCUT2D eigenvalue weighted by Gasteiger charge is 2.28. The van der Waals surface area contributed by atoms with Crippen LogP contribution in [0.3, 0.4) is 0 Å². The Balaban J connectivity index is 1.54. The van der Waals surface area contributed by atoms with Crippen LogP contribution in [0.25, 0.3) is 0 Å². The molecule has 0 heterocycles. The largest absolute Gasteiger partial charge is 0.395 e. The van der Waals surface area contributed by atoms with Crippen molar-refractivity contribution < 1.29 is 30.0 Å². The zero-order valence-electron chi connectivity index (χ0n) is 23.7. The summed E-state index contributed by atoms with van der Waals surface area (Å²) in [5.41, 5.74) is 0. The summed E-state index contributed by atoms with van der Waals surface area (Å²) in [6.07, 6.45) is 9.79. The highest BCUT2D eigenvalue weighted by Crippen LogP contribution is 2.35. The second kappa shape index (κ2) is 20.2. The minimum atomic E-state index is -0.145. The van der Waals surface area contributed by atoms with E-state index in [0.717, 1.165) is 51.4 Å². The van der Waals surface area contributed by atoms with E-state index < -0.39 is 0 Å². The third kappa shape index (κ3) is 14.5. The number of nitrogens with one attached hydrogen (secondary N) is 4. The third-order valence-corrected chi connectivity index (χ3v) is 8.12. The van der Waals surface area contributed by atoms with Gasteiger partial charge in [-0.1, -0.05) is 0 Å². The molecule has 0 radical (unpaired) electrons. The molecule has 2 aliphatic rings. The van der Waals surface area contributed by atoms with E-state index in [0.29, 0.717) is 64.2 Å². The molecule has 0 spiro atoms. The average Bonchev–Trinajstić information content (AvgIpc) is 2.91. The van der Waals surface area contributed by atoms with E-state index in [1.807, 2.05) is 9.80 Å². The number of carbonyl (C=O) groups is 2. The fourth-order valence-corrected chi connectivity index (χ4v) is 5.92. The molecule has 12 nitrogen and oxygen atoms in total. The standard InChI is InChI=1S/C27H54N6O6/c34-17-13-32(14-18-35)11-9-28-26(38)30-24-5-1-22(2-6-24)21-23-3-7-25(8-4-23)31-27(39)29-10-12-33(15-19-36)16-20-37/h22-25,34-37H,1-21H2,(H2,28,30,38)(H2,29,31,39). The van der Waals surface area contributed by atoms with Crippen molar-refractivity contribution in [3.63, 3.8) is 0 Å². The van der Waals surface area contributed by atoms with Gasteiger partial charge in [0.2, 0.25) is 0 Å². The monoisotopic (exact) mass is 558 g/mol. The summed E-state index contributed by atoms with van der Waals surface area (Å²) in [5.74, 6) is 1.41. The predicted octanol–water partition coefficient (Wildman–Crippen LogP) is -0.334. The number of hydrogen-bond donors (Lipinski definition) is 8. The Labute approximate surface area is 233 Å². The van der Waals surface area contributed by atoms with Gasteiger partial charge in [0.05, 0.1) is 26.4 Å². The molecule has 0 aromatic heterocycles. The van der Waals surface area contributed by atoms with Gasteiger partial charge in [0.25, 0.3) is 0 Å². The van der Waals surface area contributed by atoms with Gasteiger partial charge >= 0.3 is 12.1 Å². The second-order valence-electron chi connectivity index (χ2n) is 11.0. The Morgan fingerprint density at radius 2 is 0.872 bits per heavy atom. The molecular weight excluding hydrogens is 504 g/mol. The van der Waals surface area contributed by atoms with Crippen LogP contribution in [-0.2, 0) is 0 Å². The fraction of sp³-hybridized carbons (Fsp3) is 0.926. The first-order chi connectivity index (χ1) is 19.0. The van der Waals surface area contributed by atoms with Gasteiger partial charge in [-0.2, -0.15) is 0 Å². The van der Waals surface area contributed by atoms with Gasteiger partial charge in [-0.3, -0.25) is 9.80 Å². The van der Waals surface area contributed by atoms with Crippen LogP contribution in [0.5, 0.6) is 0 Å². The van der Waals surface area contributed by atoms with Crippen LogP contribution >= 0.6 is 0 Å². The Bertz CT molecular complexity index is 593. The maximum atomic E-state index is 12.3. The second-order valence-corrected chi connectivity index (χ2v) is 11.0. The lowest BCUT2D eigenvalue weighted by Crippen LogP contribution is -2.46. The predicted molar refractivity (Wildman–Crippen MR) is 150 cm³/mol. The van der Waals surface area contributed by atoms with E-state index in [1.165, 1.54) is 6.42 Å². The van der Waals surface area contributed by atoms with E-state index in [2.05, 4.69) is 21.3 Å². The Kier molecular flexibility index (Phi) is 17.4. The zero-order valence-corrected chi connectivity index (χ0v) is 23.7. The number of rotatable bonds is 18. The molecule has 0 aromatic rings. The minimum Gasteiger partial charge on any atom is -0.395 e. The highest BCUT2D eigenvalue weighted by molar-refractivity contribution is 5.74. The molecule has 2 aliphatic carbocycles. The molecule has 2 fully saturated rings. The molecule has 0 saturated heterocycles. The summed E-state index contributed by atoms with van der Waals surface area (Å²) in [4.78, 5) is 28.4. The molecule has 228 valence electrons. The molecule has 8 N–H and O–H groups in total. The Hall–Kier alpha value is -1.70. The maximum absolute atomic E-state index is 12.3. The first-order valence-electron chi connectivity index (χ1n) is 14.9. The molecule has 0 bridgehead atoms. The molecule has 0 atom stereocenters. The molecule has 4 amide bonds. The summed E-state index contributed by atoms with van der Waals surface area (Å²) in [7, 11) is 0. The third-order valence-electron chi connectivity index (χ3n) is 8.12. The van der Waals surface area contributed by atoms with Crippen molar-refractivity contribution in [2.75, 3.05) is 78.8 Å². The van der Waals surface area contributed by atoms with Crippen molar-refractivity contribution in [2.45, 2.75) is 69.9 Å². The van der Waals surface area contributed by atoms with Gasteiger partial charge < -0.3 is 41.7 Å². The minimum absolute atomic E-state index is 0.0323. The Morgan fingerprint density at radius 3 is 1.18 bits per heavy atom. The van der Waals surface area contributed by atoms with Crippen molar-refractivity contribution >= 4 is 12.1 Å². The molecule has 39 heavy (non-hydrogen) atoms. The van der Waals surface area contributed by atoms with Crippen molar-refractivity contribution in [2.24, 2.45) is 11.8 Å². The van der Waals surface area contributed by atoms with Crippen LogP contribution < -0.4 is 21.3 Å². The topological polar surface area (TPSA) is 170 Å². The number of hydrogen-bond acceptors (Lipinski definition) is 8. The number of carbonyl (C=O) groups excluding carboxylic acids is 2. The van der Waals surface area contributed by atoms with Crippen LogP contribution in [0.4, 0.5) is 9.59 Å². The van der Waals surface area contributed by atoms with E-state index in [-0.39, 0.29) is 50.6 Å². The summed E-state index contributed by atoms with van der Waals surface area (Å²) in [6, 6.07) is 0.137. The van der Waals surface area contributed by atoms with Gasteiger partial charge in [0.1, 0.15) is 0 Å². The number of aliphatic hydroxyl groups excluding tert-OH is 4. The summed E-state index contributed by atoms with van der Waals surface area (Å²) >= 11 is 0. The molecule has 2 saturated carbocycles.